The van der Waals surface area contributed by atoms with Gasteiger partial charge in [-0.2, -0.15) is 0 Å². The van der Waals surface area contributed by atoms with Crippen molar-refractivity contribution in [1.29, 1.82) is 0 Å². The second-order valence-corrected chi connectivity index (χ2v) is 13.5. The van der Waals surface area contributed by atoms with Crippen LogP contribution in [0, 0.1) is 34.5 Å². The second kappa shape index (κ2) is 9.81. The van der Waals surface area contributed by atoms with Crippen LogP contribution in [0.25, 0.3) is 0 Å². The molecular formula is C30H46O8. The Balaban J connectivity index is 1.17. The van der Waals surface area contributed by atoms with Gasteiger partial charge in [0.1, 0.15) is 12.7 Å². The molecular weight excluding hydrogens is 488 g/mol. The number of carbonyl (C=O) groups excluding carboxylic acids is 1. The molecule has 0 unspecified atom stereocenters. The molecule has 0 spiro atoms. The Kier molecular flexibility index (Phi) is 7.01. The van der Waals surface area contributed by atoms with Crippen molar-refractivity contribution in [2.75, 3.05) is 20.3 Å². The molecule has 6 rings (SSSR count). The first-order valence-electron chi connectivity index (χ1n) is 14.9. The van der Waals surface area contributed by atoms with Gasteiger partial charge in [-0.1, -0.05) is 6.92 Å². The number of ether oxygens (including phenoxy) is 4. The molecule has 0 aromatic carbocycles. The Morgan fingerprint density at radius 2 is 1.89 bits per heavy atom. The molecule has 4 aliphatic carbocycles. The Bertz CT molecular complexity index is 953. The van der Waals surface area contributed by atoms with Gasteiger partial charge in [0.25, 0.3) is 0 Å². The van der Waals surface area contributed by atoms with Crippen molar-refractivity contribution in [2.24, 2.45) is 34.5 Å². The molecule has 0 aromatic rings. The summed E-state index contributed by atoms with van der Waals surface area (Å²) in [6.07, 6.45) is 8.69. The highest BCUT2D eigenvalue weighted by molar-refractivity contribution is 5.85. The largest absolute Gasteiger partial charge is 0.458 e. The molecule has 1 saturated heterocycles. The third-order valence-electron chi connectivity index (χ3n) is 12.2. The van der Waals surface area contributed by atoms with E-state index in [0.29, 0.717) is 24.9 Å². The van der Waals surface area contributed by atoms with Gasteiger partial charge in [0.2, 0.25) is 0 Å². The molecule has 0 radical (unpaired) electrons. The van der Waals surface area contributed by atoms with E-state index < -0.39 is 18.0 Å². The number of hydrogen-bond donors (Lipinski definition) is 3. The molecule has 214 valence electrons. The summed E-state index contributed by atoms with van der Waals surface area (Å²) >= 11 is 0. The van der Waals surface area contributed by atoms with E-state index in [0.717, 1.165) is 63.4 Å². The lowest BCUT2D eigenvalue weighted by atomic mass is 9.43. The van der Waals surface area contributed by atoms with Crippen LogP contribution in [0.15, 0.2) is 11.6 Å². The third-order valence-corrected chi connectivity index (χ3v) is 12.2. The fourth-order valence-electron chi connectivity index (χ4n) is 10.1. The first-order chi connectivity index (χ1) is 18.1. The van der Waals surface area contributed by atoms with E-state index >= 15 is 0 Å². The summed E-state index contributed by atoms with van der Waals surface area (Å²) in [4.78, 5) is 11.8. The Morgan fingerprint density at radius 1 is 1.08 bits per heavy atom. The van der Waals surface area contributed by atoms with Crippen molar-refractivity contribution in [2.45, 2.75) is 114 Å². The predicted octanol–water partition coefficient (Wildman–Crippen LogP) is 3.11. The van der Waals surface area contributed by atoms with Gasteiger partial charge in [0.05, 0.1) is 23.9 Å². The van der Waals surface area contributed by atoms with Crippen molar-refractivity contribution in [3.63, 3.8) is 0 Å². The summed E-state index contributed by atoms with van der Waals surface area (Å²) < 4.78 is 23.1. The maximum absolute atomic E-state index is 12.4. The summed E-state index contributed by atoms with van der Waals surface area (Å²) in [5, 5.41) is 33.7. The highest BCUT2D eigenvalue weighted by Gasteiger charge is 2.68. The molecule has 5 fully saturated rings. The van der Waals surface area contributed by atoms with Crippen molar-refractivity contribution < 1.29 is 39.1 Å². The van der Waals surface area contributed by atoms with Crippen LogP contribution in [0.1, 0.15) is 78.1 Å². The van der Waals surface area contributed by atoms with Gasteiger partial charge in [-0.3, -0.25) is 0 Å². The van der Waals surface area contributed by atoms with Gasteiger partial charge in [-0.05, 0) is 99.4 Å². The standard InChI is InChI=1S/C30H46O8/c1-17-27(33)24(35-3)14-26(37-17)38-20-6-10-29(16-31)19(13-20)4-5-23-22(29)7-9-28(2)21(8-11-30(23,28)34)18-12-25(32)36-15-18/h12,17,19-24,26-27,31,33-34H,4-11,13-16H2,1-3H3/t17-,19-,20+,21-,22+,23-,24+,26+,27-,28-,29-,30+/m1/s1. The summed E-state index contributed by atoms with van der Waals surface area (Å²) in [5.74, 6) is 0.731. The lowest BCUT2D eigenvalue weighted by Gasteiger charge is -2.64. The van der Waals surface area contributed by atoms with Crippen molar-refractivity contribution in [1.82, 2.24) is 0 Å². The SMILES string of the molecule is CO[C@H]1C[C@H](O[C@H]2CC[C@@]3(CO)[C@H](CC[C@@H]4[C@@H]3CC[C@]3(C)[C@@H](C5=CC(=O)OC5)CC[C@]43O)C2)O[C@H](C)[C@H]1O. The predicted molar refractivity (Wildman–Crippen MR) is 138 cm³/mol. The quantitative estimate of drug-likeness (QED) is 0.364. The van der Waals surface area contributed by atoms with E-state index in [1.807, 2.05) is 6.92 Å². The molecule has 0 aromatic heterocycles. The molecule has 12 atom stereocenters. The highest BCUT2D eigenvalue weighted by atomic mass is 16.7. The fourth-order valence-corrected chi connectivity index (χ4v) is 10.1. The Morgan fingerprint density at radius 3 is 2.61 bits per heavy atom. The molecule has 8 nitrogen and oxygen atoms in total. The molecule has 0 bridgehead atoms. The average molecular weight is 535 g/mol. The van der Waals surface area contributed by atoms with Crippen LogP contribution in [0.3, 0.4) is 0 Å². The van der Waals surface area contributed by atoms with Crippen LogP contribution in [-0.2, 0) is 23.7 Å². The molecule has 2 aliphatic heterocycles. The van der Waals surface area contributed by atoms with Crippen molar-refractivity contribution >= 4 is 5.97 Å². The van der Waals surface area contributed by atoms with Gasteiger partial charge < -0.3 is 34.3 Å². The number of rotatable bonds is 5. The molecule has 4 saturated carbocycles. The number of esters is 1. The summed E-state index contributed by atoms with van der Waals surface area (Å²) in [7, 11) is 1.62. The second-order valence-electron chi connectivity index (χ2n) is 13.5. The Hall–Kier alpha value is -1.03. The number of carbonyl (C=O) groups is 1. The highest BCUT2D eigenvalue weighted by Crippen LogP contribution is 2.70. The van der Waals surface area contributed by atoms with Gasteiger partial charge in [-0.15, -0.1) is 0 Å². The average Bonchev–Trinajstić information content (AvgIpc) is 3.45. The van der Waals surface area contributed by atoms with Gasteiger partial charge in [-0.25, -0.2) is 4.79 Å². The number of aliphatic hydroxyl groups is 3. The molecule has 38 heavy (non-hydrogen) atoms. The molecule has 3 N–H and O–H groups in total. The topological polar surface area (TPSA) is 115 Å². The van der Waals surface area contributed by atoms with Gasteiger partial charge in [0.15, 0.2) is 6.29 Å². The van der Waals surface area contributed by atoms with Crippen molar-refractivity contribution in [3.8, 4) is 0 Å². The van der Waals surface area contributed by atoms with E-state index in [1.54, 1.807) is 13.2 Å². The zero-order valence-corrected chi connectivity index (χ0v) is 23.1. The van der Waals surface area contributed by atoms with Crippen LogP contribution in [0.5, 0.6) is 0 Å². The Labute approximate surface area is 226 Å². The maximum Gasteiger partial charge on any atom is 0.331 e. The van der Waals surface area contributed by atoms with Crippen LogP contribution in [-0.4, -0.2) is 77.9 Å². The maximum atomic E-state index is 12.4. The summed E-state index contributed by atoms with van der Waals surface area (Å²) in [6.45, 7) is 4.61. The van der Waals surface area contributed by atoms with E-state index in [1.165, 1.54) is 0 Å². The molecule has 6 aliphatic rings. The van der Waals surface area contributed by atoms with Crippen molar-refractivity contribution in [3.05, 3.63) is 11.6 Å². The van der Waals surface area contributed by atoms with E-state index in [-0.39, 0.29) is 53.6 Å². The minimum atomic E-state index is -0.782. The number of methoxy groups -OCH3 is 1. The van der Waals surface area contributed by atoms with Crippen LogP contribution in [0.2, 0.25) is 0 Å². The fraction of sp³-hybridized carbons (Fsp3) is 0.900. The molecule has 8 heteroatoms. The van der Waals surface area contributed by atoms with E-state index in [4.69, 9.17) is 18.9 Å². The summed E-state index contributed by atoms with van der Waals surface area (Å²) in [6, 6.07) is 0. The van der Waals surface area contributed by atoms with Crippen LogP contribution < -0.4 is 0 Å². The number of hydrogen-bond acceptors (Lipinski definition) is 8. The van der Waals surface area contributed by atoms with E-state index in [9.17, 15) is 20.1 Å². The summed E-state index contributed by atoms with van der Waals surface area (Å²) in [5.41, 5.74) is -0.182. The minimum absolute atomic E-state index is 0.0563. The zero-order chi connectivity index (χ0) is 26.9. The third kappa shape index (κ3) is 3.96. The number of aliphatic hydroxyl groups excluding tert-OH is 2. The monoisotopic (exact) mass is 534 g/mol. The minimum Gasteiger partial charge on any atom is -0.458 e. The lowest BCUT2D eigenvalue weighted by molar-refractivity contribution is -0.275. The van der Waals surface area contributed by atoms with Gasteiger partial charge >= 0.3 is 5.97 Å². The number of fused-ring (bicyclic) bond motifs is 5. The van der Waals surface area contributed by atoms with Gasteiger partial charge in [0, 0.05) is 31.6 Å². The molecule has 0 amide bonds. The normalized spacial score (nSPS) is 52.5. The van der Waals surface area contributed by atoms with Crippen LogP contribution in [0.4, 0.5) is 0 Å². The zero-order valence-electron chi connectivity index (χ0n) is 23.1. The van der Waals surface area contributed by atoms with Crippen LogP contribution >= 0.6 is 0 Å². The molecule has 2 heterocycles. The number of cyclic esters (lactones) is 1. The lowest BCUT2D eigenvalue weighted by Crippen LogP contribution is -2.64. The first kappa shape index (κ1) is 27.2. The van der Waals surface area contributed by atoms with E-state index in [2.05, 4.69) is 6.92 Å². The smallest absolute Gasteiger partial charge is 0.331 e. The first-order valence-corrected chi connectivity index (χ1v) is 14.9.